The van der Waals surface area contributed by atoms with Gasteiger partial charge >= 0.3 is 10.3 Å². The Hall–Kier alpha value is -2.41. The van der Waals surface area contributed by atoms with Crippen LogP contribution in [-0.4, -0.2) is 57.1 Å². The smallest absolute Gasteiger partial charge is 0.333 e. The van der Waals surface area contributed by atoms with Crippen LogP contribution in [0.4, 0.5) is 0 Å². The number of aryl methyl sites for hydroxylation is 2. The summed E-state index contributed by atoms with van der Waals surface area (Å²) in [5.41, 5.74) is 0.749. The van der Waals surface area contributed by atoms with Gasteiger partial charge in [-0.2, -0.15) is 8.42 Å². The van der Waals surface area contributed by atoms with E-state index in [-0.39, 0.29) is 0 Å². The van der Waals surface area contributed by atoms with E-state index in [1.165, 1.54) is 11.9 Å². The van der Waals surface area contributed by atoms with Crippen molar-refractivity contribution in [2.24, 2.45) is 5.14 Å². The maximum absolute atomic E-state index is 11.1. The Morgan fingerprint density at radius 3 is 2.63 bits per heavy atom. The van der Waals surface area contributed by atoms with E-state index in [0.29, 0.717) is 12.1 Å². The van der Waals surface area contributed by atoms with Gasteiger partial charge in [0, 0.05) is 11.6 Å². The summed E-state index contributed by atoms with van der Waals surface area (Å²) >= 11 is 0. The van der Waals surface area contributed by atoms with Crippen LogP contribution < -0.4 is 5.14 Å². The van der Waals surface area contributed by atoms with Crippen molar-refractivity contribution in [3.63, 3.8) is 0 Å². The number of nitrogens with two attached hydrogens (primary N) is 1. The van der Waals surface area contributed by atoms with E-state index < -0.39 is 40.4 Å². The Balaban J connectivity index is 1.38. The number of ether oxygens (including phenoxy) is 1. The Kier molecular flexibility index (Phi) is 4.43. The molecule has 2 aliphatic rings. The molecular weight excluding hydrogens is 412 g/mol. The number of benzene rings is 1. The largest absolute Gasteiger partial charge is 0.385 e. The Morgan fingerprint density at radius 2 is 1.97 bits per heavy atom. The Labute approximate surface area is 172 Å². The summed E-state index contributed by atoms with van der Waals surface area (Å²) in [6.07, 6.45) is 0.0466. The van der Waals surface area contributed by atoms with Gasteiger partial charge in [-0.1, -0.05) is 30.3 Å². The van der Waals surface area contributed by atoms with Gasteiger partial charge in [-0.05, 0) is 24.5 Å². The molecule has 3 aromatic rings. The zero-order chi connectivity index (χ0) is 21.1. The highest BCUT2D eigenvalue weighted by atomic mass is 32.2. The maximum atomic E-state index is 11.1. The average molecular weight is 432 g/mol. The fourth-order valence-corrected chi connectivity index (χ4v) is 4.67. The second-order valence-corrected chi connectivity index (χ2v) is 8.73. The van der Waals surface area contributed by atoms with E-state index >= 15 is 0 Å². The molecule has 0 bridgehead atoms. The van der Waals surface area contributed by atoms with Crippen molar-refractivity contribution in [3.8, 4) is 0 Å². The lowest BCUT2D eigenvalue weighted by Crippen LogP contribution is -2.38. The van der Waals surface area contributed by atoms with Crippen molar-refractivity contribution in [2.45, 2.75) is 43.0 Å². The summed E-state index contributed by atoms with van der Waals surface area (Å²) in [6.45, 7) is 0. The van der Waals surface area contributed by atoms with Crippen molar-refractivity contribution >= 4 is 21.3 Å². The zero-order valence-electron chi connectivity index (χ0n) is 15.7. The SMILES string of the molecule is NS(=O)(=O)OC1[C@H]2O[C@@H](n3ccc4c(CCc5ccccc5)ncnc43)[C@H](O)[C@@]12O. The van der Waals surface area contributed by atoms with Crippen LogP contribution in [0.3, 0.4) is 0 Å². The minimum Gasteiger partial charge on any atom is -0.385 e. The van der Waals surface area contributed by atoms with Crippen LogP contribution in [0.1, 0.15) is 17.5 Å². The molecule has 1 saturated heterocycles. The van der Waals surface area contributed by atoms with E-state index in [1.54, 1.807) is 10.8 Å². The molecule has 0 spiro atoms. The molecule has 1 saturated carbocycles. The molecule has 0 amide bonds. The molecule has 5 atom stereocenters. The van der Waals surface area contributed by atoms with E-state index in [1.807, 2.05) is 24.3 Å². The van der Waals surface area contributed by atoms with Gasteiger partial charge in [0.05, 0.1) is 5.69 Å². The number of aliphatic hydroxyl groups is 2. The lowest BCUT2D eigenvalue weighted by Gasteiger charge is -2.23. The highest BCUT2D eigenvalue weighted by Gasteiger charge is 2.79. The number of aromatic nitrogens is 3. The van der Waals surface area contributed by atoms with Crippen LogP contribution in [-0.2, 0) is 32.1 Å². The first kappa shape index (κ1) is 19.5. The second kappa shape index (κ2) is 6.80. The standard InChI is InChI=1S/C19H20N4O6S/c20-30(26,27)29-16-15-19(16,25)14(24)18(28-15)23-9-8-12-13(21-10-22-17(12)23)7-6-11-4-2-1-3-5-11/h1-5,8-10,14-16,18,24-25H,6-7H2,(H2,20,26,27)/t14-,15+,16?,18+,19-/m0/s1. The zero-order valence-corrected chi connectivity index (χ0v) is 16.5. The normalized spacial score (nSPS) is 30.5. The van der Waals surface area contributed by atoms with Crippen molar-refractivity contribution < 1.29 is 27.6 Å². The summed E-state index contributed by atoms with van der Waals surface area (Å²) in [7, 11) is -4.28. The van der Waals surface area contributed by atoms with Crippen LogP contribution in [0.2, 0.25) is 0 Å². The molecule has 10 nitrogen and oxygen atoms in total. The van der Waals surface area contributed by atoms with Crippen LogP contribution >= 0.6 is 0 Å². The molecule has 11 heteroatoms. The van der Waals surface area contributed by atoms with Crippen molar-refractivity contribution in [1.82, 2.24) is 14.5 Å². The minimum atomic E-state index is -4.28. The topological polar surface area (TPSA) is 150 Å². The van der Waals surface area contributed by atoms with Crippen molar-refractivity contribution in [2.75, 3.05) is 0 Å². The predicted molar refractivity (Wildman–Crippen MR) is 104 cm³/mol. The monoisotopic (exact) mass is 432 g/mol. The summed E-state index contributed by atoms with van der Waals surface area (Å²) in [6, 6.07) is 11.9. The lowest BCUT2D eigenvalue weighted by molar-refractivity contribution is -0.0886. The van der Waals surface area contributed by atoms with Gasteiger partial charge in [-0.3, -0.25) is 0 Å². The number of aliphatic hydroxyl groups excluding tert-OH is 1. The van der Waals surface area contributed by atoms with Crippen LogP contribution in [0, 0.1) is 0 Å². The molecule has 1 aliphatic heterocycles. The first-order valence-corrected chi connectivity index (χ1v) is 10.9. The molecule has 158 valence electrons. The molecular formula is C19H20N4O6S. The van der Waals surface area contributed by atoms with Gasteiger partial charge in [-0.15, -0.1) is 0 Å². The molecule has 2 fully saturated rings. The van der Waals surface area contributed by atoms with Gasteiger partial charge in [0.1, 0.15) is 30.3 Å². The summed E-state index contributed by atoms with van der Waals surface area (Å²) in [5, 5.41) is 26.9. The molecule has 1 aliphatic carbocycles. The molecule has 3 heterocycles. The number of hydrogen-bond acceptors (Lipinski definition) is 8. The third-order valence-corrected chi connectivity index (χ3v) is 6.18. The van der Waals surface area contributed by atoms with Gasteiger partial charge in [0.2, 0.25) is 0 Å². The van der Waals surface area contributed by atoms with E-state index in [0.717, 1.165) is 17.5 Å². The van der Waals surface area contributed by atoms with Crippen molar-refractivity contribution in [1.29, 1.82) is 0 Å². The summed E-state index contributed by atoms with van der Waals surface area (Å²) in [5.74, 6) is 0. The van der Waals surface area contributed by atoms with E-state index in [9.17, 15) is 18.6 Å². The molecule has 0 radical (unpaired) electrons. The highest BCUT2D eigenvalue weighted by Crippen LogP contribution is 2.55. The van der Waals surface area contributed by atoms with Gasteiger partial charge < -0.3 is 19.5 Å². The van der Waals surface area contributed by atoms with Crippen LogP contribution in [0.25, 0.3) is 11.0 Å². The van der Waals surface area contributed by atoms with Crippen LogP contribution in [0.5, 0.6) is 0 Å². The first-order valence-electron chi connectivity index (χ1n) is 9.40. The Bertz CT molecular complexity index is 1200. The third-order valence-electron chi connectivity index (χ3n) is 5.70. The highest BCUT2D eigenvalue weighted by molar-refractivity contribution is 7.84. The van der Waals surface area contributed by atoms with E-state index in [2.05, 4.69) is 26.3 Å². The molecule has 1 aromatic carbocycles. The maximum Gasteiger partial charge on any atom is 0.333 e. The number of hydrogen-bond donors (Lipinski definition) is 3. The summed E-state index contributed by atoms with van der Waals surface area (Å²) in [4.78, 5) is 8.70. The average Bonchev–Trinajstić information content (AvgIpc) is 3.01. The molecule has 2 aromatic heterocycles. The Morgan fingerprint density at radius 1 is 1.20 bits per heavy atom. The number of fused-ring (bicyclic) bond motifs is 2. The van der Waals surface area contributed by atoms with Gasteiger partial charge in [0.25, 0.3) is 0 Å². The lowest BCUT2D eigenvalue weighted by atomic mass is 10.1. The number of nitrogens with zero attached hydrogens (tertiary/aromatic N) is 3. The minimum absolute atomic E-state index is 0.547. The fourth-order valence-electron chi connectivity index (χ4n) is 4.13. The molecule has 4 N–H and O–H groups in total. The van der Waals surface area contributed by atoms with Gasteiger partial charge in [-0.25, -0.2) is 19.3 Å². The van der Waals surface area contributed by atoms with Crippen LogP contribution in [0.15, 0.2) is 48.9 Å². The van der Waals surface area contributed by atoms with Crippen molar-refractivity contribution in [3.05, 3.63) is 60.2 Å². The number of rotatable bonds is 6. The summed E-state index contributed by atoms with van der Waals surface area (Å²) < 4.78 is 34.2. The fraction of sp³-hybridized carbons (Fsp3) is 0.368. The molecule has 30 heavy (non-hydrogen) atoms. The third kappa shape index (κ3) is 3.11. The quantitative estimate of drug-likeness (QED) is 0.485. The van der Waals surface area contributed by atoms with E-state index in [4.69, 9.17) is 9.88 Å². The molecule has 1 unspecified atom stereocenters. The predicted octanol–water partition coefficient (Wildman–Crippen LogP) is -0.192. The first-order chi connectivity index (χ1) is 14.3. The van der Waals surface area contributed by atoms with Gasteiger partial charge in [0.15, 0.2) is 11.8 Å². The second-order valence-electron chi connectivity index (χ2n) is 7.56. The molecule has 5 rings (SSSR count).